The molecule has 2 atom stereocenters. The van der Waals surface area contributed by atoms with Crippen LogP contribution < -0.4 is 14.4 Å². The minimum Gasteiger partial charge on any atom is -0.497 e. The molecule has 0 aliphatic heterocycles. The summed E-state index contributed by atoms with van der Waals surface area (Å²) in [4.78, 5) is 1.24. The van der Waals surface area contributed by atoms with E-state index in [2.05, 4.69) is 40.7 Å². The molecule has 0 saturated heterocycles. The van der Waals surface area contributed by atoms with E-state index in [0.29, 0.717) is 18.9 Å². The third-order valence-electron chi connectivity index (χ3n) is 4.24. The van der Waals surface area contributed by atoms with Crippen molar-refractivity contribution in [2.45, 2.75) is 52.6 Å². The third-order valence-corrected chi connectivity index (χ3v) is 4.24. The van der Waals surface area contributed by atoms with E-state index in [-0.39, 0.29) is 12.0 Å². The van der Waals surface area contributed by atoms with Crippen molar-refractivity contribution in [3.05, 3.63) is 23.8 Å². The molecule has 146 valence electrons. The number of nitrogens with one attached hydrogen (secondary N) is 1. The first kappa shape index (κ1) is 22.3. The molecule has 2 N–H and O–H groups in total. The minimum absolute atomic E-state index is 0.0868. The summed E-state index contributed by atoms with van der Waals surface area (Å²) < 4.78 is 11.3. The van der Waals surface area contributed by atoms with Gasteiger partial charge in [0.05, 0.1) is 32.7 Å². The molecule has 5 nitrogen and oxygen atoms in total. The first-order valence-corrected chi connectivity index (χ1v) is 9.37. The fourth-order valence-electron chi connectivity index (χ4n) is 3.02. The molecule has 5 heteroatoms. The zero-order chi connectivity index (χ0) is 19.7. The van der Waals surface area contributed by atoms with Crippen LogP contribution in [0.4, 0.5) is 0 Å². The highest BCUT2D eigenvalue weighted by Gasteiger charge is 2.22. The molecule has 1 rings (SSSR count). The van der Waals surface area contributed by atoms with Crippen LogP contribution in [0.1, 0.15) is 46.6 Å². The van der Waals surface area contributed by atoms with Crippen LogP contribution in [0.5, 0.6) is 11.5 Å². The van der Waals surface area contributed by atoms with Gasteiger partial charge in [0, 0.05) is 11.5 Å². The average Bonchev–Trinajstić information content (AvgIpc) is 2.56. The van der Waals surface area contributed by atoms with Crippen LogP contribution in [0.25, 0.3) is 0 Å². The van der Waals surface area contributed by atoms with Gasteiger partial charge in [-0.15, -0.1) is 0 Å². The summed E-state index contributed by atoms with van der Waals surface area (Å²) in [5.74, 6) is 2.09. The Morgan fingerprint density at radius 3 is 2.46 bits per heavy atom. The van der Waals surface area contributed by atoms with Crippen molar-refractivity contribution < 1.29 is 19.5 Å². The van der Waals surface area contributed by atoms with E-state index in [1.165, 1.54) is 4.90 Å². The number of quaternary nitrogens is 1. The fraction of sp³-hybridized carbons (Fsp3) is 0.667. The van der Waals surface area contributed by atoms with Crippen molar-refractivity contribution in [3.8, 4) is 17.6 Å². The molecule has 0 spiro atoms. The molecule has 0 aromatic heterocycles. The van der Waals surface area contributed by atoms with E-state index in [4.69, 9.17) is 14.7 Å². The lowest BCUT2D eigenvalue weighted by Crippen LogP contribution is -3.13. The number of nitriles is 1. The summed E-state index contributed by atoms with van der Waals surface area (Å²) in [6.45, 7) is 13.2. The van der Waals surface area contributed by atoms with Gasteiger partial charge in [-0.1, -0.05) is 34.6 Å². The summed E-state index contributed by atoms with van der Waals surface area (Å²) in [5, 5.41) is 19.3. The number of ether oxygens (including phenoxy) is 2. The zero-order valence-corrected chi connectivity index (χ0v) is 17.1. The minimum atomic E-state index is -0.572. The highest BCUT2D eigenvalue weighted by molar-refractivity contribution is 5.44. The predicted octanol–water partition coefficient (Wildman–Crippen LogP) is 2.19. The lowest BCUT2D eigenvalue weighted by Gasteiger charge is -2.26. The Labute approximate surface area is 158 Å². The standard InChI is InChI=1S/C21H34N2O3/c1-16(2)13-23(11-7-10-22)14-17(24)15-26-20-9-8-18(25-6)12-19(20)21(3,4)5/h8-9,12,16-17,24H,7,11,13-15H2,1-6H3/p+1/t17-/m1/s1. The Kier molecular flexibility index (Phi) is 8.91. The molecule has 0 amide bonds. The summed E-state index contributed by atoms with van der Waals surface area (Å²) >= 11 is 0. The molecule has 0 fully saturated rings. The molecule has 0 aliphatic carbocycles. The van der Waals surface area contributed by atoms with Crippen molar-refractivity contribution in [3.63, 3.8) is 0 Å². The Bertz CT molecular complexity index is 588. The molecule has 1 aromatic carbocycles. The van der Waals surface area contributed by atoms with Crippen LogP contribution in [0.3, 0.4) is 0 Å². The van der Waals surface area contributed by atoms with Gasteiger partial charge >= 0.3 is 0 Å². The number of rotatable bonds is 10. The van der Waals surface area contributed by atoms with Gasteiger partial charge in [0.25, 0.3) is 0 Å². The maximum Gasteiger partial charge on any atom is 0.137 e. The van der Waals surface area contributed by atoms with Crippen LogP contribution in [-0.4, -0.2) is 44.6 Å². The molecular formula is C21H35N2O3+. The van der Waals surface area contributed by atoms with Gasteiger partial charge < -0.3 is 19.5 Å². The lowest BCUT2D eigenvalue weighted by atomic mass is 9.86. The lowest BCUT2D eigenvalue weighted by molar-refractivity contribution is -0.905. The molecule has 1 aromatic rings. The largest absolute Gasteiger partial charge is 0.497 e. The Hall–Kier alpha value is -1.77. The summed E-state index contributed by atoms with van der Waals surface area (Å²) in [6.07, 6.45) is -0.0696. The molecular weight excluding hydrogens is 328 g/mol. The van der Waals surface area contributed by atoms with E-state index < -0.39 is 6.10 Å². The van der Waals surface area contributed by atoms with E-state index in [1.807, 2.05) is 18.2 Å². The summed E-state index contributed by atoms with van der Waals surface area (Å²) in [6, 6.07) is 7.96. The zero-order valence-electron chi connectivity index (χ0n) is 17.1. The molecule has 0 bridgehead atoms. The number of benzene rings is 1. The Balaban J connectivity index is 2.74. The van der Waals surface area contributed by atoms with Crippen LogP contribution in [0, 0.1) is 17.2 Å². The highest BCUT2D eigenvalue weighted by Crippen LogP contribution is 2.34. The van der Waals surface area contributed by atoms with Gasteiger partial charge in [-0.25, -0.2) is 0 Å². The van der Waals surface area contributed by atoms with Crippen LogP contribution >= 0.6 is 0 Å². The van der Waals surface area contributed by atoms with Crippen molar-refractivity contribution in [2.75, 3.05) is 33.4 Å². The van der Waals surface area contributed by atoms with E-state index in [9.17, 15) is 5.11 Å². The second-order valence-corrected chi connectivity index (χ2v) is 8.29. The first-order valence-electron chi connectivity index (χ1n) is 9.37. The maximum atomic E-state index is 10.4. The smallest absolute Gasteiger partial charge is 0.137 e. The molecule has 0 radical (unpaired) electrons. The van der Waals surface area contributed by atoms with Crippen molar-refractivity contribution in [1.82, 2.24) is 0 Å². The molecule has 0 heterocycles. The maximum absolute atomic E-state index is 10.4. The molecule has 1 unspecified atom stereocenters. The highest BCUT2D eigenvalue weighted by atomic mass is 16.5. The second-order valence-electron chi connectivity index (χ2n) is 8.29. The number of methoxy groups -OCH3 is 1. The van der Waals surface area contributed by atoms with E-state index >= 15 is 0 Å². The van der Waals surface area contributed by atoms with Crippen LogP contribution in [-0.2, 0) is 5.41 Å². The molecule has 0 aliphatic rings. The van der Waals surface area contributed by atoms with E-state index in [0.717, 1.165) is 30.2 Å². The van der Waals surface area contributed by atoms with Gasteiger partial charge in [-0.2, -0.15) is 5.26 Å². The topological polar surface area (TPSA) is 66.9 Å². The van der Waals surface area contributed by atoms with Crippen molar-refractivity contribution in [1.29, 1.82) is 5.26 Å². The quantitative estimate of drug-likeness (QED) is 0.669. The number of aliphatic hydroxyl groups excluding tert-OH is 1. The predicted molar refractivity (Wildman–Crippen MR) is 104 cm³/mol. The van der Waals surface area contributed by atoms with Gasteiger partial charge in [0.15, 0.2) is 0 Å². The number of hydrogen-bond acceptors (Lipinski definition) is 4. The second kappa shape index (κ2) is 10.4. The normalized spacial score (nSPS) is 14.0. The number of aliphatic hydroxyl groups is 1. The molecule has 26 heavy (non-hydrogen) atoms. The fourth-order valence-corrected chi connectivity index (χ4v) is 3.02. The Morgan fingerprint density at radius 1 is 1.23 bits per heavy atom. The van der Waals surface area contributed by atoms with Gasteiger partial charge in [0.1, 0.15) is 30.8 Å². The van der Waals surface area contributed by atoms with Gasteiger partial charge in [0.2, 0.25) is 0 Å². The first-order chi connectivity index (χ1) is 12.2. The third kappa shape index (κ3) is 7.63. The van der Waals surface area contributed by atoms with Crippen LogP contribution in [0.15, 0.2) is 18.2 Å². The van der Waals surface area contributed by atoms with Gasteiger partial charge in [-0.05, 0) is 23.6 Å². The van der Waals surface area contributed by atoms with Gasteiger partial charge in [-0.3, -0.25) is 0 Å². The van der Waals surface area contributed by atoms with E-state index in [1.54, 1.807) is 7.11 Å². The Morgan fingerprint density at radius 2 is 1.92 bits per heavy atom. The number of hydrogen-bond donors (Lipinski definition) is 2. The number of nitrogens with zero attached hydrogens (tertiary/aromatic N) is 1. The summed E-state index contributed by atoms with van der Waals surface area (Å²) in [7, 11) is 1.65. The summed E-state index contributed by atoms with van der Waals surface area (Å²) in [5.41, 5.74) is 0.969. The SMILES string of the molecule is COc1ccc(OC[C@H](O)C[NH+](CCC#N)CC(C)C)c(C(C)(C)C)c1. The van der Waals surface area contributed by atoms with Crippen molar-refractivity contribution >= 4 is 0 Å². The molecule has 0 saturated carbocycles. The van der Waals surface area contributed by atoms with Crippen molar-refractivity contribution in [2.24, 2.45) is 5.92 Å². The average molecular weight is 364 g/mol. The van der Waals surface area contributed by atoms with Crippen LogP contribution in [0.2, 0.25) is 0 Å². The monoisotopic (exact) mass is 363 g/mol.